The van der Waals surface area contributed by atoms with Crippen molar-refractivity contribution >= 4 is 17.5 Å². The fraction of sp³-hybridized carbons (Fsp3) is 0.417. The van der Waals surface area contributed by atoms with Crippen molar-refractivity contribution < 1.29 is 15.0 Å². The number of aliphatic hydroxyl groups is 2. The highest BCUT2D eigenvalue weighted by molar-refractivity contribution is 6.33. The van der Waals surface area contributed by atoms with Gasteiger partial charge < -0.3 is 15.5 Å². The highest BCUT2D eigenvalue weighted by Gasteiger charge is 2.34. The largest absolute Gasteiger partial charge is 0.390 e. The van der Waals surface area contributed by atoms with E-state index in [2.05, 4.69) is 5.32 Å². The van der Waals surface area contributed by atoms with Crippen molar-refractivity contribution in [2.75, 3.05) is 0 Å². The van der Waals surface area contributed by atoms with Crippen molar-refractivity contribution in [1.29, 1.82) is 0 Å². The maximum atomic E-state index is 11.9. The number of nitrogens with one attached hydrogen (secondary N) is 1. The molecular formula is C12H14ClNO3. The lowest BCUT2D eigenvalue weighted by Gasteiger charge is -2.18. The van der Waals surface area contributed by atoms with Gasteiger partial charge in [-0.1, -0.05) is 23.7 Å². The van der Waals surface area contributed by atoms with Crippen molar-refractivity contribution in [2.24, 2.45) is 0 Å². The molecule has 0 spiro atoms. The summed E-state index contributed by atoms with van der Waals surface area (Å²) in [6.45, 7) is 0. The highest BCUT2D eigenvalue weighted by Crippen LogP contribution is 2.21. The number of hydrogen-bond acceptors (Lipinski definition) is 3. The molecule has 0 unspecified atom stereocenters. The molecule has 1 fully saturated rings. The molecule has 1 aromatic rings. The number of halogens is 1. The molecule has 3 N–H and O–H groups in total. The Kier molecular flexibility index (Phi) is 3.66. The summed E-state index contributed by atoms with van der Waals surface area (Å²) in [6, 6.07) is 6.31. The molecule has 1 aliphatic rings. The van der Waals surface area contributed by atoms with E-state index in [-0.39, 0.29) is 5.91 Å². The first-order chi connectivity index (χ1) is 8.09. The van der Waals surface area contributed by atoms with E-state index in [1.165, 1.54) is 0 Å². The minimum absolute atomic E-state index is 0.325. The zero-order valence-corrected chi connectivity index (χ0v) is 9.89. The number of rotatable bonds is 2. The molecule has 5 heteroatoms. The Labute approximate surface area is 104 Å². The first kappa shape index (κ1) is 12.4. The van der Waals surface area contributed by atoms with Gasteiger partial charge in [-0.2, -0.15) is 0 Å². The summed E-state index contributed by atoms with van der Waals surface area (Å²) < 4.78 is 0. The monoisotopic (exact) mass is 255 g/mol. The third-order valence-corrected chi connectivity index (χ3v) is 3.34. The minimum Gasteiger partial charge on any atom is -0.390 e. The molecule has 1 aromatic carbocycles. The Morgan fingerprint density at radius 3 is 2.59 bits per heavy atom. The van der Waals surface area contributed by atoms with E-state index >= 15 is 0 Å². The maximum absolute atomic E-state index is 11.9. The van der Waals surface area contributed by atoms with Gasteiger partial charge in [-0.25, -0.2) is 0 Å². The second-order valence-corrected chi connectivity index (χ2v) is 4.60. The average molecular weight is 256 g/mol. The zero-order chi connectivity index (χ0) is 12.4. The van der Waals surface area contributed by atoms with Gasteiger partial charge in [0.15, 0.2) is 0 Å². The van der Waals surface area contributed by atoms with Gasteiger partial charge in [-0.05, 0) is 25.0 Å². The van der Waals surface area contributed by atoms with E-state index in [0.29, 0.717) is 23.4 Å². The molecule has 0 bridgehead atoms. The number of amides is 1. The minimum atomic E-state index is -0.901. The van der Waals surface area contributed by atoms with Crippen LogP contribution < -0.4 is 5.32 Å². The Morgan fingerprint density at radius 2 is 2.00 bits per heavy atom. The van der Waals surface area contributed by atoms with Crippen LogP contribution in [0.25, 0.3) is 0 Å². The Morgan fingerprint density at radius 1 is 1.29 bits per heavy atom. The van der Waals surface area contributed by atoms with E-state index in [4.69, 9.17) is 11.6 Å². The molecule has 17 heavy (non-hydrogen) atoms. The normalized spacial score (nSPS) is 28.1. The summed E-state index contributed by atoms with van der Waals surface area (Å²) in [7, 11) is 0. The van der Waals surface area contributed by atoms with Crippen LogP contribution in [0, 0.1) is 0 Å². The molecule has 1 aliphatic carbocycles. The van der Waals surface area contributed by atoms with Crippen LogP contribution in [0.5, 0.6) is 0 Å². The molecule has 2 rings (SSSR count). The average Bonchev–Trinajstić information content (AvgIpc) is 2.61. The van der Waals surface area contributed by atoms with Crippen LogP contribution in [-0.4, -0.2) is 34.4 Å². The van der Waals surface area contributed by atoms with E-state index in [0.717, 1.165) is 0 Å². The van der Waals surface area contributed by atoms with E-state index in [9.17, 15) is 15.0 Å². The Balaban J connectivity index is 2.05. The van der Waals surface area contributed by atoms with E-state index in [1.807, 2.05) is 0 Å². The van der Waals surface area contributed by atoms with Crippen molar-refractivity contribution in [2.45, 2.75) is 31.1 Å². The fourth-order valence-corrected chi connectivity index (χ4v) is 2.23. The predicted octanol–water partition coefficient (Wildman–Crippen LogP) is 0.954. The maximum Gasteiger partial charge on any atom is 0.253 e. The lowest BCUT2D eigenvalue weighted by atomic mass is 10.1. The van der Waals surface area contributed by atoms with Crippen molar-refractivity contribution in [1.82, 2.24) is 5.32 Å². The lowest BCUT2D eigenvalue weighted by molar-refractivity contribution is 0.0296. The SMILES string of the molecule is O=C(N[C@@H]1CC[C@@H](O)[C@@H]1O)c1ccccc1Cl. The van der Waals surface area contributed by atoms with Crippen LogP contribution >= 0.6 is 11.6 Å². The summed E-state index contributed by atoms with van der Waals surface area (Å²) in [5, 5.41) is 22.1. The fourth-order valence-electron chi connectivity index (χ4n) is 2.01. The first-order valence-corrected chi connectivity index (χ1v) is 5.89. The van der Waals surface area contributed by atoms with Crippen molar-refractivity contribution in [3.63, 3.8) is 0 Å². The molecule has 0 aliphatic heterocycles. The number of carbonyl (C=O) groups excluding carboxylic acids is 1. The van der Waals surface area contributed by atoms with Gasteiger partial charge in [0.2, 0.25) is 0 Å². The van der Waals surface area contributed by atoms with Crippen LogP contribution in [0.1, 0.15) is 23.2 Å². The molecule has 0 heterocycles. The van der Waals surface area contributed by atoms with Crippen molar-refractivity contribution in [3.8, 4) is 0 Å². The Bertz CT molecular complexity index is 424. The third-order valence-electron chi connectivity index (χ3n) is 3.01. The van der Waals surface area contributed by atoms with Gasteiger partial charge in [0.05, 0.1) is 22.7 Å². The zero-order valence-electron chi connectivity index (χ0n) is 9.14. The number of carbonyl (C=O) groups is 1. The summed E-state index contributed by atoms with van der Waals surface area (Å²) in [6.07, 6.45) is -0.597. The quantitative estimate of drug-likeness (QED) is 0.737. The van der Waals surface area contributed by atoms with Gasteiger partial charge >= 0.3 is 0 Å². The van der Waals surface area contributed by atoms with Crippen LogP contribution in [0.15, 0.2) is 24.3 Å². The number of hydrogen-bond donors (Lipinski definition) is 3. The molecule has 0 radical (unpaired) electrons. The van der Waals surface area contributed by atoms with Crippen molar-refractivity contribution in [3.05, 3.63) is 34.9 Å². The van der Waals surface area contributed by atoms with Gasteiger partial charge in [0, 0.05) is 0 Å². The molecule has 1 saturated carbocycles. The predicted molar refractivity (Wildman–Crippen MR) is 64.0 cm³/mol. The number of benzene rings is 1. The third kappa shape index (κ3) is 2.60. The van der Waals surface area contributed by atoms with Crippen LogP contribution in [-0.2, 0) is 0 Å². The van der Waals surface area contributed by atoms with E-state index in [1.54, 1.807) is 24.3 Å². The molecule has 0 aromatic heterocycles. The summed E-state index contributed by atoms with van der Waals surface area (Å²) in [4.78, 5) is 11.9. The van der Waals surface area contributed by atoms with Crippen LogP contribution in [0.2, 0.25) is 5.02 Å². The van der Waals surface area contributed by atoms with Crippen LogP contribution in [0.3, 0.4) is 0 Å². The number of aliphatic hydroxyl groups excluding tert-OH is 2. The molecule has 1 amide bonds. The summed E-state index contributed by atoms with van der Waals surface area (Å²) in [5.74, 6) is -0.325. The summed E-state index contributed by atoms with van der Waals surface area (Å²) >= 11 is 5.90. The van der Waals surface area contributed by atoms with Gasteiger partial charge in [-0.15, -0.1) is 0 Å². The summed E-state index contributed by atoms with van der Waals surface area (Å²) in [5.41, 5.74) is 0.378. The Hall–Kier alpha value is -1.10. The molecule has 0 saturated heterocycles. The first-order valence-electron chi connectivity index (χ1n) is 5.51. The van der Waals surface area contributed by atoms with Crippen LogP contribution in [0.4, 0.5) is 0 Å². The molecular weight excluding hydrogens is 242 g/mol. The lowest BCUT2D eigenvalue weighted by Crippen LogP contribution is -2.43. The topological polar surface area (TPSA) is 69.6 Å². The van der Waals surface area contributed by atoms with Gasteiger partial charge in [0.25, 0.3) is 5.91 Å². The molecule has 4 nitrogen and oxygen atoms in total. The van der Waals surface area contributed by atoms with Gasteiger partial charge in [-0.3, -0.25) is 4.79 Å². The van der Waals surface area contributed by atoms with E-state index < -0.39 is 18.2 Å². The smallest absolute Gasteiger partial charge is 0.253 e. The van der Waals surface area contributed by atoms with Gasteiger partial charge in [0.1, 0.15) is 6.10 Å². The second kappa shape index (κ2) is 5.04. The standard InChI is InChI=1S/C12H14ClNO3/c13-8-4-2-1-3-7(8)12(17)14-9-5-6-10(15)11(9)16/h1-4,9-11,15-16H,5-6H2,(H,14,17)/t9-,10-,11-/m1/s1. The second-order valence-electron chi connectivity index (χ2n) is 4.20. The molecule has 92 valence electrons. The molecule has 3 atom stereocenters. The highest BCUT2D eigenvalue weighted by atomic mass is 35.5.